The van der Waals surface area contributed by atoms with Gasteiger partial charge in [0.25, 0.3) is 0 Å². The molecule has 0 aromatic carbocycles. The van der Waals surface area contributed by atoms with Crippen molar-refractivity contribution in [1.29, 1.82) is 0 Å². The van der Waals surface area contributed by atoms with Gasteiger partial charge in [-0.25, -0.2) is 4.98 Å². The van der Waals surface area contributed by atoms with E-state index in [0.29, 0.717) is 17.7 Å². The molecule has 1 aromatic heterocycles. The molecule has 0 bridgehead atoms. The van der Waals surface area contributed by atoms with Crippen LogP contribution in [0.3, 0.4) is 0 Å². The number of rotatable bonds is 2. The largest absolute Gasteiger partial charge is 0.342 e. The summed E-state index contributed by atoms with van der Waals surface area (Å²) in [5.41, 5.74) is 1.13. The quantitative estimate of drug-likeness (QED) is 0.836. The van der Waals surface area contributed by atoms with Crippen molar-refractivity contribution in [2.75, 3.05) is 13.1 Å². The first kappa shape index (κ1) is 13.7. The second-order valence-electron chi connectivity index (χ2n) is 7.06. The van der Waals surface area contributed by atoms with Crippen LogP contribution in [-0.2, 0) is 4.79 Å². The molecule has 3 nitrogen and oxygen atoms in total. The van der Waals surface area contributed by atoms with Crippen molar-refractivity contribution >= 4 is 17.2 Å². The van der Waals surface area contributed by atoms with Gasteiger partial charge in [-0.05, 0) is 44.4 Å². The van der Waals surface area contributed by atoms with Crippen LogP contribution in [0.4, 0.5) is 0 Å². The number of fused-ring (bicyclic) bond motifs is 1. The highest BCUT2D eigenvalue weighted by molar-refractivity contribution is 7.09. The predicted octanol–water partition coefficient (Wildman–Crippen LogP) is 3.59. The Labute approximate surface area is 130 Å². The second-order valence-corrected chi connectivity index (χ2v) is 7.95. The zero-order valence-electron chi connectivity index (χ0n) is 12.8. The van der Waals surface area contributed by atoms with Gasteiger partial charge in [0.2, 0.25) is 5.91 Å². The first-order valence-electron chi connectivity index (χ1n) is 8.45. The smallest absolute Gasteiger partial charge is 0.226 e. The van der Waals surface area contributed by atoms with Crippen molar-refractivity contribution in [3.63, 3.8) is 0 Å². The lowest BCUT2D eigenvalue weighted by molar-refractivity contribution is -0.134. The van der Waals surface area contributed by atoms with E-state index in [9.17, 15) is 4.79 Å². The minimum atomic E-state index is 0.395. The molecule has 0 spiro atoms. The Hall–Kier alpha value is -0.900. The van der Waals surface area contributed by atoms with Gasteiger partial charge in [0, 0.05) is 36.0 Å². The molecular weight excluding hydrogens is 280 g/mol. The van der Waals surface area contributed by atoms with Crippen LogP contribution < -0.4 is 0 Å². The van der Waals surface area contributed by atoms with Gasteiger partial charge >= 0.3 is 0 Å². The minimum absolute atomic E-state index is 0.395. The summed E-state index contributed by atoms with van der Waals surface area (Å²) in [4.78, 5) is 19.5. The summed E-state index contributed by atoms with van der Waals surface area (Å²) in [7, 11) is 0. The van der Waals surface area contributed by atoms with E-state index in [2.05, 4.69) is 22.2 Å². The predicted molar refractivity (Wildman–Crippen MR) is 84.3 cm³/mol. The van der Waals surface area contributed by atoms with E-state index in [1.807, 2.05) is 0 Å². The zero-order valence-corrected chi connectivity index (χ0v) is 13.6. The Morgan fingerprint density at radius 2 is 1.86 bits per heavy atom. The van der Waals surface area contributed by atoms with Gasteiger partial charge in [-0.15, -0.1) is 11.3 Å². The third kappa shape index (κ3) is 2.52. The highest BCUT2D eigenvalue weighted by Crippen LogP contribution is 2.56. The number of aromatic nitrogens is 1. The lowest BCUT2D eigenvalue weighted by Crippen LogP contribution is -2.39. The van der Waals surface area contributed by atoms with Crippen molar-refractivity contribution in [2.45, 2.75) is 51.4 Å². The molecule has 1 unspecified atom stereocenters. The molecule has 21 heavy (non-hydrogen) atoms. The number of thiazole rings is 1. The van der Waals surface area contributed by atoms with Crippen molar-refractivity contribution < 1.29 is 4.79 Å². The summed E-state index contributed by atoms with van der Waals surface area (Å²) < 4.78 is 0. The number of hydrogen-bond donors (Lipinski definition) is 0. The maximum absolute atomic E-state index is 12.7. The fourth-order valence-corrected chi connectivity index (χ4v) is 5.44. The molecular formula is C17H24N2OS. The summed E-state index contributed by atoms with van der Waals surface area (Å²) in [6.45, 7) is 3.95. The number of aryl methyl sites for hydroxylation is 1. The van der Waals surface area contributed by atoms with Gasteiger partial charge in [0.1, 0.15) is 0 Å². The molecule has 2 saturated carbocycles. The summed E-state index contributed by atoms with van der Waals surface area (Å²) in [5, 5.41) is 3.42. The van der Waals surface area contributed by atoms with E-state index in [1.54, 1.807) is 11.3 Å². The van der Waals surface area contributed by atoms with Gasteiger partial charge in [-0.1, -0.05) is 12.8 Å². The number of hydrogen-bond acceptors (Lipinski definition) is 3. The molecule has 4 heteroatoms. The van der Waals surface area contributed by atoms with Crippen molar-refractivity contribution in [2.24, 2.45) is 17.8 Å². The van der Waals surface area contributed by atoms with Crippen LogP contribution in [-0.4, -0.2) is 28.9 Å². The first-order chi connectivity index (χ1) is 10.2. The standard InChI is InChI=1S/C17H24N2OS/c1-11-10-21-16(18-11)12-6-8-19(9-7-12)17(20)15-13-4-2-3-5-14(13)15/h10,12-15H,2-9H2,1H3/t13-,14+,15?. The van der Waals surface area contributed by atoms with Gasteiger partial charge < -0.3 is 4.90 Å². The lowest BCUT2D eigenvalue weighted by atomic mass is 9.97. The lowest BCUT2D eigenvalue weighted by Gasteiger charge is -2.31. The number of carbonyl (C=O) groups is 1. The van der Waals surface area contributed by atoms with E-state index in [-0.39, 0.29) is 0 Å². The molecule has 3 fully saturated rings. The molecule has 2 aliphatic carbocycles. The summed E-state index contributed by atoms with van der Waals surface area (Å²) in [5.74, 6) is 2.93. The van der Waals surface area contributed by atoms with Crippen molar-refractivity contribution in [1.82, 2.24) is 9.88 Å². The van der Waals surface area contributed by atoms with Crippen molar-refractivity contribution in [3.05, 3.63) is 16.1 Å². The summed E-state index contributed by atoms with van der Waals surface area (Å²) in [6, 6.07) is 0. The molecule has 3 atom stereocenters. The van der Waals surface area contributed by atoms with E-state index < -0.39 is 0 Å². The van der Waals surface area contributed by atoms with Gasteiger partial charge in [0.15, 0.2) is 0 Å². The average molecular weight is 304 g/mol. The molecule has 4 rings (SSSR count). The third-order valence-electron chi connectivity index (χ3n) is 5.73. The maximum atomic E-state index is 12.7. The summed E-state index contributed by atoms with van der Waals surface area (Å²) >= 11 is 1.79. The molecule has 0 radical (unpaired) electrons. The fourth-order valence-electron chi connectivity index (χ4n) is 4.48. The van der Waals surface area contributed by atoms with Crippen LogP contribution in [0.25, 0.3) is 0 Å². The maximum Gasteiger partial charge on any atom is 0.226 e. The van der Waals surface area contributed by atoms with E-state index in [0.717, 1.165) is 43.5 Å². The Balaban J connectivity index is 1.34. The normalized spacial score (nSPS) is 32.8. The molecule has 1 saturated heterocycles. The van der Waals surface area contributed by atoms with Crippen LogP contribution in [0.2, 0.25) is 0 Å². The molecule has 1 amide bonds. The Bertz CT molecular complexity index is 521. The monoisotopic (exact) mass is 304 g/mol. The highest BCUT2D eigenvalue weighted by Gasteiger charge is 2.55. The molecule has 1 aromatic rings. The van der Waals surface area contributed by atoms with Crippen LogP contribution in [0, 0.1) is 24.7 Å². The molecule has 114 valence electrons. The Morgan fingerprint density at radius 1 is 1.19 bits per heavy atom. The van der Waals surface area contributed by atoms with Crippen LogP contribution in [0.5, 0.6) is 0 Å². The number of carbonyl (C=O) groups excluding carboxylic acids is 1. The number of nitrogens with zero attached hydrogens (tertiary/aromatic N) is 2. The van der Waals surface area contributed by atoms with Crippen LogP contribution in [0.15, 0.2) is 5.38 Å². The molecule has 1 aliphatic heterocycles. The summed E-state index contributed by atoms with van der Waals surface area (Å²) in [6.07, 6.45) is 7.49. The van der Waals surface area contributed by atoms with Crippen molar-refractivity contribution in [3.8, 4) is 0 Å². The molecule has 0 N–H and O–H groups in total. The first-order valence-corrected chi connectivity index (χ1v) is 9.33. The fraction of sp³-hybridized carbons (Fsp3) is 0.765. The SMILES string of the molecule is Cc1csc(C2CCN(C(=O)C3[C@H]4CCCC[C@@H]34)CC2)n1. The Morgan fingerprint density at radius 3 is 2.43 bits per heavy atom. The number of likely N-dealkylation sites (tertiary alicyclic amines) is 1. The minimum Gasteiger partial charge on any atom is -0.342 e. The average Bonchev–Trinajstić information content (AvgIpc) is 3.10. The van der Waals surface area contributed by atoms with Crippen LogP contribution >= 0.6 is 11.3 Å². The van der Waals surface area contributed by atoms with E-state index >= 15 is 0 Å². The topological polar surface area (TPSA) is 33.2 Å². The third-order valence-corrected chi connectivity index (χ3v) is 6.86. The van der Waals surface area contributed by atoms with Crippen LogP contribution in [0.1, 0.15) is 55.1 Å². The van der Waals surface area contributed by atoms with E-state index in [1.165, 1.54) is 30.7 Å². The number of piperidine rings is 1. The Kier molecular flexibility index (Phi) is 3.52. The van der Waals surface area contributed by atoms with E-state index in [4.69, 9.17) is 0 Å². The second kappa shape index (κ2) is 5.38. The molecule has 2 heterocycles. The number of amides is 1. The highest BCUT2D eigenvalue weighted by atomic mass is 32.1. The van der Waals surface area contributed by atoms with Gasteiger partial charge in [-0.2, -0.15) is 0 Å². The zero-order chi connectivity index (χ0) is 14.4. The molecule has 3 aliphatic rings. The van der Waals surface area contributed by atoms with Gasteiger partial charge in [-0.3, -0.25) is 4.79 Å². The van der Waals surface area contributed by atoms with Gasteiger partial charge in [0.05, 0.1) is 5.01 Å².